The average Bonchev–Trinajstić information content (AvgIpc) is 2.89. The first-order valence-corrected chi connectivity index (χ1v) is 7.74. The molecule has 0 fully saturated rings. The molecule has 0 aliphatic rings. The fraction of sp³-hybridized carbons (Fsp3) is 0.316. The molecule has 0 spiro atoms. The Morgan fingerprint density at radius 2 is 1.76 bits per heavy atom. The van der Waals surface area contributed by atoms with Gasteiger partial charge in [-0.15, -0.1) is 0 Å². The van der Waals surface area contributed by atoms with Crippen LogP contribution < -0.4 is 0 Å². The summed E-state index contributed by atoms with van der Waals surface area (Å²) in [4.78, 5) is 12.3. The zero-order valence-corrected chi connectivity index (χ0v) is 12.4. The van der Waals surface area contributed by atoms with E-state index < -0.39 is 0 Å². The molecule has 0 amide bonds. The fourth-order valence-electron chi connectivity index (χ4n) is 2.76. The Hall–Kier alpha value is -2.09. The van der Waals surface area contributed by atoms with Crippen LogP contribution in [0.15, 0.2) is 46.9 Å². The SMILES string of the molecule is CCCCCCC(=O)c1ccc2oc3ccccc3c2c1. The van der Waals surface area contributed by atoms with Crippen LogP contribution in [0.2, 0.25) is 0 Å². The van der Waals surface area contributed by atoms with E-state index in [4.69, 9.17) is 4.42 Å². The van der Waals surface area contributed by atoms with E-state index in [0.29, 0.717) is 6.42 Å². The normalized spacial score (nSPS) is 11.3. The molecule has 2 nitrogen and oxygen atoms in total. The van der Waals surface area contributed by atoms with Crippen molar-refractivity contribution in [3.8, 4) is 0 Å². The third-order valence-electron chi connectivity index (χ3n) is 3.96. The monoisotopic (exact) mass is 280 g/mol. The molecule has 0 bridgehead atoms. The Bertz CT molecular complexity index is 767. The van der Waals surface area contributed by atoms with Crippen molar-refractivity contribution in [1.82, 2.24) is 0 Å². The number of ketones is 1. The predicted molar refractivity (Wildman–Crippen MR) is 86.8 cm³/mol. The lowest BCUT2D eigenvalue weighted by Crippen LogP contribution is -1.98. The number of Topliss-reactive ketones (excluding diaryl/α,β-unsaturated/α-hetero) is 1. The Morgan fingerprint density at radius 3 is 2.62 bits per heavy atom. The van der Waals surface area contributed by atoms with Gasteiger partial charge in [-0.2, -0.15) is 0 Å². The molecule has 2 aromatic carbocycles. The summed E-state index contributed by atoms with van der Waals surface area (Å²) in [5, 5.41) is 2.11. The smallest absolute Gasteiger partial charge is 0.162 e. The van der Waals surface area contributed by atoms with E-state index in [1.165, 1.54) is 12.8 Å². The van der Waals surface area contributed by atoms with Crippen LogP contribution in [-0.2, 0) is 0 Å². The van der Waals surface area contributed by atoms with Crippen molar-refractivity contribution < 1.29 is 9.21 Å². The van der Waals surface area contributed by atoms with Crippen molar-refractivity contribution in [2.24, 2.45) is 0 Å². The Morgan fingerprint density at radius 1 is 0.952 bits per heavy atom. The van der Waals surface area contributed by atoms with Gasteiger partial charge in [0.25, 0.3) is 0 Å². The number of benzene rings is 2. The van der Waals surface area contributed by atoms with Gasteiger partial charge in [-0.3, -0.25) is 4.79 Å². The number of hydrogen-bond acceptors (Lipinski definition) is 2. The van der Waals surface area contributed by atoms with Crippen molar-refractivity contribution in [3.63, 3.8) is 0 Å². The number of para-hydroxylation sites is 1. The van der Waals surface area contributed by atoms with Crippen LogP contribution in [0.25, 0.3) is 21.9 Å². The molecule has 3 rings (SSSR count). The zero-order chi connectivity index (χ0) is 14.7. The van der Waals surface area contributed by atoms with Gasteiger partial charge < -0.3 is 4.42 Å². The second-order valence-corrected chi connectivity index (χ2v) is 5.54. The van der Waals surface area contributed by atoms with Crippen LogP contribution >= 0.6 is 0 Å². The summed E-state index contributed by atoms with van der Waals surface area (Å²) in [5.41, 5.74) is 2.52. The summed E-state index contributed by atoms with van der Waals surface area (Å²) < 4.78 is 5.79. The third kappa shape index (κ3) is 2.85. The number of furan rings is 1. The molecular weight excluding hydrogens is 260 g/mol. The zero-order valence-electron chi connectivity index (χ0n) is 12.4. The highest BCUT2D eigenvalue weighted by molar-refractivity contribution is 6.08. The average molecular weight is 280 g/mol. The van der Waals surface area contributed by atoms with Gasteiger partial charge in [-0.1, -0.05) is 44.4 Å². The first-order chi connectivity index (χ1) is 10.3. The lowest BCUT2D eigenvalue weighted by Gasteiger charge is -2.01. The summed E-state index contributed by atoms with van der Waals surface area (Å²) >= 11 is 0. The van der Waals surface area contributed by atoms with Gasteiger partial charge >= 0.3 is 0 Å². The van der Waals surface area contributed by atoms with Gasteiger partial charge in [0.05, 0.1) is 0 Å². The van der Waals surface area contributed by atoms with Crippen LogP contribution in [0.1, 0.15) is 49.4 Å². The van der Waals surface area contributed by atoms with Gasteiger partial charge in [0.1, 0.15) is 11.2 Å². The summed E-state index contributed by atoms with van der Waals surface area (Å²) in [6.45, 7) is 2.18. The molecular formula is C19H20O2. The largest absolute Gasteiger partial charge is 0.456 e. The third-order valence-corrected chi connectivity index (χ3v) is 3.96. The molecule has 21 heavy (non-hydrogen) atoms. The quantitative estimate of drug-likeness (QED) is 0.426. The molecule has 0 saturated heterocycles. The number of rotatable bonds is 6. The maximum atomic E-state index is 12.3. The van der Waals surface area contributed by atoms with Crippen LogP contribution in [0.3, 0.4) is 0 Å². The summed E-state index contributed by atoms with van der Waals surface area (Å²) in [6, 6.07) is 13.7. The molecule has 1 heterocycles. The molecule has 0 radical (unpaired) electrons. The molecule has 0 atom stereocenters. The van der Waals surface area contributed by atoms with Crippen LogP contribution in [0.5, 0.6) is 0 Å². The highest BCUT2D eigenvalue weighted by Crippen LogP contribution is 2.29. The van der Waals surface area contributed by atoms with Gasteiger partial charge in [-0.05, 0) is 30.7 Å². The topological polar surface area (TPSA) is 30.2 Å². The van der Waals surface area contributed by atoms with E-state index in [0.717, 1.165) is 40.3 Å². The summed E-state index contributed by atoms with van der Waals surface area (Å²) in [7, 11) is 0. The number of carbonyl (C=O) groups excluding carboxylic acids is 1. The van der Waals surface area contributed by atoms with Gasteiger partial charge in [0.15, 0.2) is 5.78 Å². The van der Waals surface area contributed by atoms with Crippen LogP contribution in [0, 0.1) is 0 Å². The minimum absolute atomic E-state index is 0.235. The van der Waals surface area contributed by atoms with Gasteiger partial charge in [0, 0.05) is 22.8 Å². The molecule has 1 aromatic heterocycles. The number of fused-ring (bicyclic) bond motifs is 3. The van der Waals surface area contributed by atoms with Gasteiger partial charge in [-0.25, -0.2) is 0 Å². The minimum atomic E-state index is 0.235. The van der Waals surface area contributed by atoms with E-state index in [1.54, 1.807) is 0 Å². The van der Waals surface area contributed by atoms with Crippen LogP contribution in [-0.4, -0.2) is 5.78 Å². The number of carbonyl (C=O) groups is 1. The first kappa shape index (κ1) is 13.9. The van der Waals surface area contributed by atoms with Crippen molar-refractivity contribution >= 4 is 27.7 Å². The highest BCUT2D eigenvalue weighted by Gasteiger charge is 2.10. The number of unbranched alkanes of at least 4 members (excludes halogenated alkanes) is 3. The minimum Gasteiger partial charge on any atom is -0.456 e. The molecule has 0 saturated carbocycles. The lowest BCUT2D eigenvalue weighted by molar-refractivity contribution is 0.0979. The first-order valence-electron chi connectivity index (χ1n) is 7.74. The molecule has 0 aliphatic carbocycles. The molecule has 2 heteroatoms. The van der Waals surface area contributed by atoms with Crippen molar-refractivity contribution in [2.75, 3.05) is 0 Å². The standard InChI is InChI=1S/C19H20O2/c1-2-3-4-5-9-17(20)14-11-12-19-16(13-14)15-8-6-7-10-18(15)21-19/h6-8,10-13H,2-5,9H2,1H3. The molecule has 0 unspecified atom stereocenters. The Labute approximate surface area is 124 Å². The van der Waals surface area contributed by atoms with Crippen molar-refractivity contribution in [1.29, 1.82) is 0 Å². The molecule has 3 aromatic rings. The maximum Gasteiger partial charge on any atom is 0.162 e. The lowest BCUT2D eigenvalue weighted by atomic mass is 10.0. The molecule has 108 valence electrons. The van der Waals surface area contributed by atoms with Crippen molar-refractivity contribution in [2.45, 2.75) is 39.0 Å². The van der Waals surface area contributed by atoms with E-state index in [9.17, 15) is 4.79 Å². The van der Waals surface area contributed by atoms with E-state index in [2.05, 4.69) is 6.92 Å². The maximum absolute atomic E-state index is 12.3. The van der Waals surface area contributed by atoms with E-state index in [1.807, 2.05) is 42.5 Å². The Balaban J connectivity index is 1.86. The summed E-state index contributed by atoms with van der Waals surface area (Å²) in [6.07, 6.45) is 5.16. The fourth-order valence-corrected chi connectivity index (χ4v) is 2.76. The van der Waals surface area contributed by atoms with E-state index >= 15 is 0 Å². The van der Waals surface area contributed by atoms with E-state index in [-0.39, 0.29) is 5.78 Å². The van der Waals surface area contributed by atoms with Gasteiger partial charge in [0.2, 0.25) is 0 Å². The second-order valence-electron chi connectivity index (χ2n) is 5.54. The second kappa shape index (κ2) is 6.13. The molecule has 0 aliphatic heterocycles. The molecule has 0 N–H and O–H groups in total. The van der Waals surface area contributed by atoms with Crippen LogP contribution in [0.4, 0.5) is 0 Å². The Kier molecular flexibility index (Phi) is 4.05. The summed E-state index contributed by atoms with van der Waals surface area (Å²) in [5.74, 6) is 0.235. The number of hydrogen-bond donors (Lipinski definition) is 0. The van der Waals surface area contributed by atoms with Crippen molar-refractivity contribution in [3.05, 3.63) is 48.0 Å². The highest BCUT2D eigenvalue weighted by atomic mass is 16.3. The predicted octanol–water partition coefficient (Wildman–Crippen LogP) is 5.74.